The number of benzene rings is 2. The minimum absolute atomic E-state index is 0.0395. The van der Waals surface area contributed by atoms with Gasteiger partial charge in [-0.25, -0.2) is 8.42 Å². The summed E-state index contributed by atoms with van der Waals surface area (Å²) >= 11 is 6.26. The molecule has 2 rings (SSSR count). The van der Waals surface area contributed by atoms with Crippen molar-refractivity contribution in [1.82, 2.24) is 10.2 Å². The van der Waals surface area contributed by atoms with Crippen molar-refractivity contribution in [2.24, 2.45) is 0 Å². The van der Waals surface area contributed by atoms with Crippen molar-refractivity contribution in [3.8, 4) is 5.75 Å². The number of hydrogen-bond acceptors (Lipinski definition) is 5. The number of anilines is 1. The average molecular weight is 482 g/mol. The van der Waals surface area contributed by atoms with Crippen LogP contribution in [0.1, 0.15) is 19.4 Å². The van der Waals surface area contributed by atoms with Crippen molar-refractivity contribution in [3.05, 3.63) is 59.1 Å². The summed E-state index contributed by atoms with van der Waals surface area (Å²) in [6.45, 7) is 3.22. The first kappa shape index (κ1) is 25.5. The van der Waals surface area contributed by atoms with Gasteiger partial charge in [0.05, 0.1) is 18.6 Å². The van der Waals surface area contributed by atoms with Gasteiger partial charge in [-0.1, -0.05) is 41.9 Å². The monoisotopic (exact) mass is 481 g/mol. The highest BCUT2D eigenvalue weighted by molar-refractivity contribution is 7.92. The molecule has 0 unspecified atom stereocenters. The Morgan fingerprint density at radius 3 is 2.34 bits per heavy atom. The summed E-state index contributed by atoms with van der Waals surface area (Å²) in [5.74, 6) is -0.603. The first-order valence-electron chi connectivity index (χ1n) is 10.0. The summed E-state index contributed by atoms with van der Waals surface area (Å²) in [5.41, 5.74) is 0.884. The van der Waals surface area contributed by atoms with Crippen LogP contribution in [-0.2, 0) is 26.2 Å². The van der Waals surface area contributed by atoms with Crippen LogP contribution in [0.3, 0.4) is 0 Å². The van der Waals surface area contributed by atoms with Gasteiger partial charge in [0.25, 0.3) is 0 Å². The average Bonchev–Trinajstić information content (AvgIpc) is 2.75. The van der Waals surface area contributed by atoms with Crippen LogP contribution in [-0.4, -0.2) is 57.6 Å². The van der Waals surface area contributed by atoms with Gasteiger partial charge in [0, 0.05) is 18.6 Å². The molecule has 0 saturated heterocycles. The molecule has 2 aromatic carbocycles. The van der Waals surface area contributed by atoms with Crippen LogP contribution < -0.4 is 14.4 Å². The number of carbonyl (C=O) groups is 2. The number of nitrogens with zero attached hydrogens (tertiary/aromatic N) is 2. The lowest BCUT2D eigenvalue weighted by atomic mass is 10.1. The topological polar surface area (TPSA) is 96.0 Å². The Kier molecular flexibility index (Phi) is 8.91. The van der Waals surface area contributed by atoms with Crippen molar-refractivity contribution >= 4 is 39.1 Å². The number of amides is 2. The molecule has 0 aliphatic heterocycles. The van der Waals surface area contributed by atoms with E-state index in [-0.39, 0.29) is 18.1 Å². The van der Waals surface area contributed by atoms with Crippen LogP contribution >= 0.6 is 11.6 Å². The lowest BCUT2D eigenvalue weighted by molar-refractivity contribution is -0.139. The van der Waals surface area contributed by atoms with Crippen molar-refractivity contribution in [2.45, 2.75) is 26.4 Å². The SMILES string of the molecule is CCOc1ccccc1N(CC(=O)N(Cc1ccccc1Cl)[C@@H](C)C(=O)NC)S(C)(=O)=O. The zero-order chi connectivity index (χ0) is 23.9. The van der Waals surface area contributed by atoms with Crippen LogP contribution in [0.4, 0.5) is 5.69 Å². The predicted molar refractivity (Wildman–Crippen MR) is 125 cm³/mol. The summed E-state index contributed by atoms with van der Waals surface area (Å²) in [7, 11) is -2.37. The number of ether oxygens (including phenoxy) is 1. The van der Waals surface area contributed by atoms with Crippen LogP contribution in [0.25, 0.3) is 0 Å². The van der Waals surface area contributed by atoms with E-state index in [4.69, 9.17) is 16.3 Å². The van der Waals surface area contributed by atoms with Crippen LogP contribution in [0.15, 0.2) is 48.5 Å². The summed E-state index contributed by atoms with van der Waals surface area (Å²) in [6, 6.07) is 12.7. The molecule has 10 heteroatoms. The van der Waals surface area contributed by atoms with Gasteiger partial charge in [-0.2, -0.15) is 0 Å². The highest BCUT2D eigenvalue weighted by Gasteiger charge is 2.31. The Morgan fingerprint density at radius 1 is 1.12 bits per heavy atom. The molecule has 0 bridgehead atoms. The highest BCUT2D eigenvalue weighted by Crippen LogP contribution is 2.30. The summed E-state index contributed by atoms with van der Waals surface area (Å²) in [6.07, 6.45) is 1.02. The van der Waals surface area contributed by atoms with Crippen LogP contribution in [0.2, 0.25) is 5.02 Å². The first-order chi connectivity index (χ1) is 15.1. The molecule has 2 aromatic rings. The van der Waals surface area contributed by atoms with E-state index in [1.165, 1.54) is 11.9 Å². The number of halogens is 1. The normalized spacial score (nSPS) is 12.0. The molecule has 8 nitrogen and oxygen atoms in total. The summed E-state index contributed by atoms with van der Waals surface area (Å²) in [5, 5.41) is 2.96. The number of para-hydroxylation sites is 2. The van der Waals surface area contributed by atoms with Crippen molar-refractivity contribution in [2.75, 3.05) is 30.8 Å². The molecular weight excluding hydrogens is 454 g/mol. The second kappa shape index (κ2) is 11.2. The third-order valence-corrected chi connectivity index (χ3v) is 6.32. The number of nitrogens with one attached hydrogen (secondary N) is 1. The molecular formula is C22H28ClN3O5S. The highest BCUT2D eigenvalue weighted by atomic mass is 35.5. The standard InChI is InChI=1S/C22H28ClN3O5S/c1-5-31-20-13-9-8-12-19(20)26(32(4,29)30)15-21(27)25(16(2)22(28)24-3)14-17-10-6-7-11-18(17)23/h6-13,16H,5,14-15H2,1-4H3,(H,24,28)/t16-/m0/s1. The third kappa shape index (κ3) is 6.37. The Morgan fingerprint density at radius 2 is 1.75 bits per heavy atom. The fourth-order valence-corrected chi connectivity index (χ4v) is 4.19. The van der Waals surface area contributed by atoms with Crippen LogP contribution in [0.5, 0.6) is 5.75 Å². The van der Waals surface area contributed by atoms with Gasteiger partial charge in [0.1, 0.15) is 18.3 Å². The molecule has 0 spiro atoms. The zero-order valence-corrected chi connectivity index (χ0v) is 20.1. The first-order valence-corrected chi connectivity index (χ1v) is 12.3. The van der Waals surface area contributed by atoms with Gasteiger partial charge < -0.3 is 15.0 Å². The van der Waals surface area contributed by atoms with Gasteiger partial charge in [-0.05, 0) is 37.6 Å². The number of likely N-dealkylation sites (N-methyl/N-ethyl adjacent to an activating group) is 1. The molecule has 2 amide bonds. The number of hydrogen-bond donors (Lipinski definition) is 1. The van der Waals surface area contributed by atoms with Crippen molar-refractivity contribution in [1.29, 1.82) is 0 Å². The van der Waals surface area contributed by atoms with E-state index < -0.39 is 28.5 Å². The van der Waals surface area contributed by atoms with E-state index in [9.17, 15) is 18.0 Å². The number of carbonyl (C=O) groups excluding carboxylic acids is 2. The second-order valence-corrected chi connectivity index (χ2v) is 9.39. The quantitative estimate of drug-likeness (QED) is 0.562. The second-order valence-electron chi connectivity index (χ2n) is 7.07. The van der Waals surface area contributed by atoms with E-state index in [0.717, 1.165) is 10.6 Å². The maximum Gasteiger partial charge on any atom is 0.244 e. The van der Waals surface area contributed by atoms with E-state index in [0.29, 0.717) is 22.9 Å². The van der Waals surface area contributed by atoms with Crippen molar-refractivity contribution < 1.29 is 22.7 Å². The molecule has 1 N–H and O–H groups in total. The maximum absolute atomic E-state index is 13.4. The van der Waals surface area contributed by atoms with E-state index >= 15 is 0 Å². The molecule has 0 aliphatic rings. The van der Waals surface area contributed by atoms with Crippen molar-refractivity contribution in [3.63, 3.8) is 0 Å². The smallest absolute Gasteiger partial charge is 0.244 e. The molecule has 0 saturated carbocycles. The molecule has 0 aliphatic carbocycles. The molecule has 0 radical (unpaired) electrons. The molecule has 32 heavy (non-hydrogen) atoms. The number of rotatable bonds is 10. The van der Waals surface area contributed by atoms with E-state index in [1.54, 1.807) is 62.4 Å². The summed E-state index contributed by atoms with van der Waals surface area (Å²) < 4.78 is 31.8. The third-order valence-electron chi connectivity index (χ3n) is 4.83. The van der Waals surface area contributed by atoms with Gasteiger partial charge >= 0.3 is 0 Å². The maximum atomic E-state index is 13.4. The van der Waals surface area contributed by atoms with E-state index in [2.05, 4.69) is 5.32 Å². The summed E-state index contributed by atoms with van der Waals surface area (Å²) in [4.78, 5) is 27.0. The Bertz CT molecular complexity index is 1060. The van der Waals surface area contributed by atoms with Gasteiger partial charge in [0.2, 0.25) is 21.8 Å². The lowest BCUT2D eigenvalue weighted by Crippen LogP contribution is -2.50. The van der Waals surface area contributed by atoms with Gasteiger partial charge in [-0.15, -0.1) is 0 Å². The largest absolute Gasteiger partial charge is 0.492 e. The fraction of sp³-hybridized carbons (Fsp3) is 0.364. The molecule has 1 atom stereocenters. The molecule has 0 heterocycles. The molecule has 0 aromatic heterocycles. The Hall–Kier alpha value is -2.78. The predicted octanol–water partition coefficient (Wildman–Crippen LogP) is 2.67. The Balaban J connectivity index is 2.44. The fourth-order valence-electron chi connectivity index (χ4n) is 3.14. The van der Waals surface area contributed by atoms with Gasteiger partial charge in [-0.3, -0.25) is 13.9 Å². The Labute approximate surface area is 194 Å². The molecule has 174 valence electrons. The minimum atomic E-state index is -3.84. The minimum Gasteiger partial charge on any atom is -0.492 e. The number of sulfonamides is 1. The van der Waals surface area contributed by atoms with Crippen LogP contribution in [0, 0.1) is 0 Å². The molecule has 0 fully saturated rings. The van der Waals surface area contributed by atoms with E-state index in [1.807, 2.05) is 0 Å². The lowest BCUT2D eigenvalue weighted by Gasteiger charge is -2.31. The van der Waals surface area contributed by atoms with Gasteiger partial charge in [0.15, 0.2) is 0 Å². The zero-order valence-electron chi connectivity index (χ0n) is 18.5.